The van der Waals surface area contributed by atoms with Crippen molar-refractivity contribution in [1.29, 1.82) is 0 Å². The van der Waals surface area contributed by atoms with E-state index < -0.39 is 10.0 Å². The Labute approximate surface area is 102 Å². The van der Waals surface area contributed by atoms with Crippen molar-refractivity contribution >= 4 is 15.9 Å². The van der Waals surface area contributed by atoms with E-state index in [0.29, 0.717) is 32.6 Å². The number of nitrogens with two attached hydrogens (primary N) is 1. The molecule has 0 aromatic rings. The molecule has 0 bridgehead atoms. The highest BCUT2D eigenvalue weighted by Gasteiger charge is 2.26. The van der Waals surface area contributed by atoms with Gasteiger partial charge < -0.3 is 0 Å². The van der Waals surface area contributed by atoms with Crippen molar-refractivity contribution in [3.05, 3.63) is 0 Å². The van der Waals surface area contributed by atoms with Crippen LogP contribution in [-0.4, -0.2) is 62.0 Å². The van der Waals surface area contributed by atoms with Crippen LogP contribution in [0.15, 0.2) is 0 Å². The van der Waals surface area contributed by atoms with E-state index in [0.717, 1.165) is 0 Å². The molecular weight excluding hydrogens is 244 g/mol. The summed E-state index contributed by atoms with van der Waals surface area (Å²) < 4.78 is 24.1. The van der Waals surface area contributed by atoms with E-state index in [1.165, 1.54) is 10.6 Å². The van der Waals surface area contributed by atoms with Crippen LogP contribution in [-0.2, 0) is 14.8 Å². The topological polar surface area (TPSA) is 95.7 Å². The van der Waals surface area contributed by atoms with Gasteiger partial charge in [0.25, 0.3) is 0 Å². The summed E-state index contributed by atoms with van der Waals surface area (Å²) in [4.78, 5) is 13.2. The number of hydrazine groups is 1. The molecule has 0 aromatic heterocycles. The molecule has 3 N–H and O–H groups in total. The van der Waals surface area contributed by atoms with Gasteiger partial charge in [0.05, 0.1) is 6.26 Å². The summed E-state index contributed by atoms with van der Waals surface area (Å²) in [5.41, 5.74) is 2.10. The first-order chi connectivity index (χ1) is 7.84. The molecule has 7 nitrogen and oxygen atoms in total. The maximum absolute atomic E-state index is 11.3. The molecular formula is C9H20N4O3S. The van der Waals surface area contributed by atoms with Gasteiger partial charge in [-0.15, -0.1) is 0 Å². The Kier molecular flexibility index (Phi) is 4.87. The first-order valence-corrected chi connectivity index (χ1v) is 7.38. The van der Waals surface area contributed by atoms with Crippen LogP contribution >= 0.6 is 0 Å². The maximum atomic E-state index is 11.3. The minimum Gasteiger partial charge on any atom is -0.298 e. The second-order valence-corrected chi connectivity index (χ2v) is 6.30. The van der Waals surface area contributed by atoms with E-state index in [1.807, 2.05) is 6.92 Å². The summed E-state index contributed by atoms with van der Waals surface area (Å²) >= 11 is 0. The van der Waals surface area contributed by atoms with Crippen molar-refractivity contribution in [3.8, 4) is 0 Å². The molecule has 0 aromatic carbocycles. The largest absolute Gasteiger partial charge is 0.298 e. The number of carbonyl (C=O) groups is 1. The van der Waals surface area contributed by atoms with Gasteiger partial charge in [0.1, 0.15) is 0 Å². The molecule has 1 aliphatic rings. The molecule has 1 aliphatic heterocycles. The summed E-state index contributed by atoms with van der Waals surface area (Å²) in [6, 6.07) is 0.0697. The van der Waals surface area contributed by atoms with Crippen LogP contribution in [0.25, 0.3) is 0 Å². The molecule has 1 heterocycles. The van der Waals surface area contributed by atoms with Crippen LogP contribution in [0.3, 0.4) is 0 Å². The molecule has 0 radical (unpaired) electrons. The van der Waals surface area contributed by atoms with E-state index in [-0.39, 0.29) is 11.9 Å². The fraction of sp³-hybridized carbons (Fsp3) is 0.889. The number of nitrogens with zero attached hydrogens (tertiary/aromatic N) is 2. The van der Waals surface area contributed by atoms with E-state index >= 15 is 0 Å². The Morgan fingerprint density at radius 2 is 1.88 bits per heavy atom. The lowest BCUT2D eigenvalue weighted by Gasteiger charge is -2.36. The van der Waals surface area contributed by atoms with Crippen molar-refractivity contribution < 1.29 is 13.2 Å². The molecule has 1 fully saturated rings. The van der Waals surface area contributed by atoms with Crippen molar-refractivity contribution in [2.75, 3.05) is 32.4 Å². The number of rotatable bonds is 4. The fourth-order valence-corrected chi connectivity index (χ4v) is 2.76. The van der Waals surface area contributed by atoms with E-state index in [1.54, 1.807) is 0 Å². The van der Waals surface area contributed by atoms with Crippen molar-refractivity contribution in [2.24, 2.45) is 5.84 Å². The van der Waals surface area contributed by atoms with Crippen molar-refractivity contribution in [2.45, 2.75) is 19.4 Å². The third kappa shape index (κ3) is 4.23. The molecule has 1 unspecified atom stereocenters. The highest BCUT2D eigenvalue weighted by Crippen LogP contribution is 2.11. The zero-order chi connectivity index (χ0) is 13.1. The van der Waals surface area contributed by atoms with Crippen LogP contribution in [0.1, 0.15) is 13.3 Å². The molecule has 1 saturated heterocycles. The van der Waals surface area contributed by atoms with E-state index in [2.05, 4.69) is 10.3 Å². The zero-order valence-electron chi connectivity index (χ0n) is 10.2. The lowest BCUT2D eigenvalue weighted by Crippen LogP contribution is -2.52. The van der Waals surface area contributed by atoms with Crippen LogP contribution < -0.4 is 11.3 Å². The van der Waals surface area contributed by atoms with Gasteiger partial charge in [-0.25, -0.2) is 14.3 Å². The molecule has 1 rings (SSSR count). The summed E-state index contributed by atoms with van der Waals surface area (Å²) in [6.45, 7) is 4.18. The van der Waals surface area contributed by atoms with Crippen molar-refractivity contribution in [3.63, 3.8) is 0 Å². The zero-order valence-corrected chi connectivity index (χ0v) is 11.0. The standard InChI is InChI=1S/C9H20N4O3S/c1-8(7-9(14)11-10)12-3-5-13(6-4-12)17(2,15)16/h8H,3-7,10H2,1-2H3,(H,11,14). The van der Waals surface area contributed by atoms with Gasteiger partial charge in [0.2, 0.25) is 15.9 Å². The molecule has 0 saturated carbocycles. The van der Waals surface area contributed by atoms with Gasteiger partial charge >= 0.3 is 0 Å². The molecule has 17 heavy (non-hydrogen) atoms. The molecule has 0 aliphatic carbocycles. The van der Waals surface area contributed by atoms with Gasteiger partial charge in [0.15, 0.2) is 0 Å². The molecule has 8 heteroatoms. The number of sulfonamides is 1. The van der Waals surface area contributed by atoms with Crippen molar-refractivity contribution in [1.82, 2.24) is 14.6 Å². The number of hydrogen-bond acceptors (Lipinski definition) is 5. The van der Waals surface area contributed by atoms with Gasteiger partial charge in [-0.1, -0.05) is 0 Å². The summed E-state index contributed by atoms with van der Waals surface area (Å²) in [5, 5.41) is 0. The Morgan fingerprint density at radius 1 is 1.35 bits per heavy atom. The second kappa shape index (κ2) is 5.76. The SMILES string of the molecule is CC(CC(=O)NN)N1CCN(S(C)(=O)=O)CC1. The number of hydrogen-bond donors (Lipinski definition) is 2. The summed E-state index contributed by atoms with van der Waals surface area (Å²) in [5.74, 6) is 4.82. The highest BCUT2D eigenvalue weighted by atomic mass is 32.2. The Balaban J connectivity index is 2.44. The Morgan fingerprint density at radius 3 is 2.29 bits per heavy atom. The minimum atomic E-state index is -3.10. The first-order valence-electron chi connectivity index (χ1n) is 5.53. The predicted octanol–water partition coefficient (Wildman–Crippen LogP) is -1.67. The van der Waals surface area contributed by atoms with Crippen LogP contribution in [0.5, 0.6) is 0 Å². The van der Waals surface area contributed by atoms with Gasteiger partial charge in [-0.3, -0.25) is 15.1 Å². The van der Waals surface area contributed by atoms with Crippen LogP contribution in [0.4, 0.5) is 0 Å². The van der Waals surface area contributed by atoms with Crippen LogP contribution in [0, 0.1) is 0 Å². The normalized spacial score (nSPS) is 21.1. The third-order valence-electron chi connectivity index (χ3n) is 3.01. The monoisotopic (exact) mass is 264 g/mol. The second-order valence-electron chi connectivity index (χ2n) is 4.32. The number of piperazine rings is 1. The predicted molar refractivity (Wildman–Crippen MR) is 64.4 cm³/mol. The first kappa shape index (κ1) is 14.4. The minimum absolute atomic E-state index is 0.0697. The van der Waals surface area contributed by atoms with Gasteiger partial charge in [0, 0.05) is 38.6 Å². The number of carbonyl (C=O) groups excluding carboxylic acids is 1. The molecule has 1 amide bonds. The van der Waals surface area contributed by atoms with Crippen LogP contribution in [0.2, 0.25) is 0 Å². The summed E-state index contributed by atoms with van der Waals surface area (Å²) in [7, 11) is -3.10. The lowest BCUT2D eigenvalue weighted by molar-refractivity contribution is -0.122. The third-order valence-corrected chi connectivity index (χ3v) is 4.31. The highest BCUT2D eigenvalue weighted by molar-refractivity contribution is 7.88. The lowest BCUT2D eigenvalue weighted by atomic mass is 10.2. The Bertz CT molecular complexity index is 362. The molecule has 1 atom stereocenters. The quantitative estimate of drug-likeness (QED) is 0.360. The van der Waals surface area contributed by atoms with E-state index in [9.17, 15) is 13.2 Å². The average molecular weight is 264 g/mol. The molecule has 0 spiro atoms. The van der Waals surface area contributed by atoms with Gasteiger partial charge in [-0.05, 0) is 6.92 Å². The Hall–Kier alpha value is -0.700. The molecule has 100 valence electrons. The summed E-state index contributed by atoms with van der Waals surface area (Å²) in [6.07, 6.45) is 1.54. The number of nitrogens with one attached hydrogen (secondary N) is 1. The average Bonchev–Trinajstić information content (AvgIpc) is 2.27. The fourth-order valence-electron chi connectivity index (χ4n) is 1.93. The smallest absolute Gasteiger partial charge is 0.235 e. The number of amides is 1. The maximum Gasteiger partial charge on any atom is 0.235 e. The van der Waals surface area contributed by atoms with E-state index in [4.69, 9.17) is 5.84 Å². The van der Waals surface area contributed by atoms with Gasteiger partial charge in [-0.2, -0.15) is 4.31 Å².